The number of rotatable bonds is 3. The topological polar surface area (TPSA) is 76.5 Å². The highest BCUT2D eigenvalue weighted by Crippen LogP contribution is 2.44. The van der Waals surface area contributed by atoms with E-state index in [0.29, 0.717) is 11.6 Å². The third-order valence-corrected chi connectivity index (χ3v) is 3.56. The molecule has 1 aromatic rings. The van der Waals surface area contributed by atoms with Gasteiger partial charge >= 0.3 is 10.4 Å². The van der Waals surface area contributed by atoms with Crippen LogP contribution in [0.1, 0.15) is 29.5 Å². The molecule has 1 aliphatic carbocycles. The Labute approximate surface area is 85.7 Å². The smallest absolute Gasteiger partial charge is 0.349 e. The maximum Gasteiger partial charge on any atom is 0.447 e. The fourth-order valence-corrected chi connectivity index (χ4v) is 2.75. The monoisotopic (exact) mass is 235 g/mol. The van der Waals surface area contributed by atoms with Crippen LogP contribution in [0.2, 0.25) is 0 Å². The summed E-state index contributed by atoms with van der Waals surface area (Å²) in [5, 5.41) is 1.05. The number of hydrogen-bond donors (Lipinski definition) is 1. The van der Waals surface area contributed by atoms with Gasteiger partial charge in [-0.15, -0.1) is 0 Å². The number of aryl methyl sites for hydroxylation is 1. The van der Waals surface area contributed by atoms with Crippen molar-refractivity contribution in [2.75, 3.05) is 0 Å². The van der Waals surface area contributed by atoms with Gasteiger partial charge in [0.05, 0.1) is 10.7 Å². The molecule has 0 bridgehead atoms. The molecule has 5 nitrogen and oxygen atoms in total. The Morgan fingerprint density at radius 3 is 2.71 bits per heavy atom. The number of hydrogen-bond acceptors (Lipinski definition) is 5. The van der Waals surface area contributed by atoms with E-state index < -0.39 is 10.4 Å². The second kappa shape index (κ2) is 3.18. The molecular formula is C7H9NO4S2. The van der Waals surface area contributed by atoms with E-state index in [-0.39, 0.29) is 5.06 Å². The molecule has 0 amide bonds. The molecule has 1 N–H and O–H groups in total. The lowest BCUT2D eigenvalue weighted by atomic mass is 10.4. The molecule has 0 atom stereocenters. The highest BCUT2D eigenvalue weighted by atomic mass is 32.3. The van der Waals surface area contributed by atoms with Gasteiger partial charge in [-0.25, -0.2) is 4.98 Å². The molecule has 0 unspecified atom stereocenters. The lowest BCUT2D eigenvalue weighted by molar-refractivity contribution is 0.389. The zero-order valence-electron chi connectivity index (χ0n) is 7.43. The van der Waals surface area contributed by atoms with Crippen LogP contribution in [0.5, 0.6) is 5.06 Å². The van der Waals surface area contributed by atoms with Crippen molar-refractivity contribution in [3.63, 3.8) is 0 Å². The molecule has 1 saturated carbocycles. The van der Waals surface area contributed by atoms with Gasteiger partial charge < -0.3 is 4.18 Å². The van der Waals surface area contributed by atoms with E-state index >= 15 is 0 Å². The first kappa shape index (κ1) is 9.88. The van der Waals surface area contributed by atoms with E-state index in [0.717, 1.165) is 17.8 Å². The van der Waals surface area contributed by atoms with Crippen LogP contribution >= 0.6 is 11.3 Å². The fourth-order valence-electron chi connectivity index (χ4n) is 1.08. The Morgan fingerprint density at radius 1 is 1.57 bits per heavy atom. The SMILES string of the molecule is Cc1nc(C2CC2)sc1OS(=O)(=O)O. The second-order valence-electron chi connectivity index (χ2n) is 3.21. The van der Waals surface area contributed by atoms with E-state index in [2.05, 4.69) is 9.17 Å². The van der Waals surface area contributed by atoms with Gasteiger partial charge in [-0.3, -0.25) is 4.55 Å². The molecule has 14 heavy (non-hydrogen) atoms. The van der Waals surface area contributed by atoms with Gasteiger partial charge in [-0.2, -0.15) is 8.42 Å². The molecule has 1 aromatic heterocycles. The Balaban J connectivity index is 2.25. The van der Waals surface area contributed by atoms with E-state index in [1.165, 1.54) is 11.3 Å². The van der Waals surface area contributed by atoms with Crippen LogP contribution in [0.15, 0.2) is 0 Å². The lowest BCUT2D eigenvalue weighted by Gasteiger charge is -1.96. The first-order valence-electron chi connectivity index (χ1n) is 4.10. The Kier molecular flexibility index (Phi) is 2.24. The Hall–Kier alpha value is -0.660. The van der Waals surface area contributed by atoms with Gasteiger partial charge in [0.15, 0.2) is 0 Å². The average Bonchev–Trinajstić information content (AvgIpc) is 2.77. The number of thiazole rings is 1. The predicted octanol–water partition coefficient (Wildman–Crippen LogP) is 1.51. The predicted molar refractivity (Wildman–Crippen MR) is 51.0 cm³/mol. The fraction of sp³-hybridized carbons (Fsp3) is 0.571. The van der Waals surface area contributed by atoms with Crippen LogP contribution in [-0.4, -0.2) is 18.0 Å². The molecular weight excluding hydrogens is 226 g/mol. The molecule has 0 aromatic carbocycles. The van der Waals surface area contributed by atoms with Crippen molar-refractivity contribution in [1.29, 1.82) is 0 Å². The van der Waals surface area contributed by atoms with Crippen LogP contribution in [-0.2, 0) is 10.4 Å². The van der Waals surface area contributed by atoms with Crippen molar-refractivity contribution in [3.05, 3.63) is 10.7 Å². The summed E-state index contributed by atoms with van der Waals surface area (Å²) in [4.78, 5) is 4.17. The van der Waals surface area contributed by atoms with Gasteiger partial charge in [-0.05, 0) is 19.8 Å². The molecule has 1 heterocycles. The van der Waals surface area contributed by atoms with Gasteiger partial charge in [0.1, 0.15) is 0 Å². The first-order chi connectivity index (χ1) is 6.46. The zero-order valence-corrected chi connectivity index (χ0v) is 9.06. The molecule has 1 aliphatic rings. The summed E-state index contributed by atoms with van der Waals surface area (Å²) in [6, 6.07) is 0. The summed E-state index contributed by atoms with van der Waals surface area (Å²) < 4.78 is 33.8. The summed E-state index contributed by atoms with van der Waals surface area (Å²) in [5.41, 5.74) is 0.509. The van der Waals surface area contributed by atoms with Crippen molar-refractivity contribution >= 4 is 21.7 Å². The molecule has 0 spiro atoms. The van der Waals surface area contributed by atoms with Crippen molar-refractivity contribution in [2.24, 2.45) is 0 Å². The average molecular weight is 235 g/mol. The number of nitrogens with zero attached hydrogens (tertiary/aromatic N) is 1. The highest BCUT2D eigenvalue weighted by molar-refractivity contribution is 7.81. The van der Waals surface area contributed by atoms with E-state index in [1.54, 1.807) is 6.92 Å². The van der Waals surface area contributed by atoms with Gasteiger partial charge in [0.2, 0.25) is 5.06 Å². The minimum Gasteiger partial charge on any atom is -0.349 e. The van der Waals surface area contributed by atoms with Crippen molar-refractivity contribution in [3.8, 4) is 5.06 Å². The molecule has 0 saturated heterocycles. The third-order valence-electron chi connectivity index (χ3n) is 1.88. The molecule has 7 heteroatoms. The highest BCUT2D eigenvalue weighted by Gasteiger charge is 2.28. The van der Waals surface area contributed by atoms with E-state index in [9.17, 15) is 8.42 Å². The maximum absolute atomic E-state index is 10.5. The molecule has 78 valence electrons. The largest absolute Gasteiger partial charge is 0.447 e. The molecule has 1 fully saturated rings. The minimum atomic E-state index is -4.42. The van der Waals surface area contributed by atoms with Crippen LogP contribution < -0.4 is 4.18 Å². The first-order valence-corrected chi connectivity index (χ1v) is 6.28. The standard InChI is InChI=1S/C7H9NO4S2/c1-4-7(12-14(9,10)11)13-6(8-4)5-2-3-5/h5H,2-3H2,1H3,(H,9,10,11). The summed E-state index contributed by atoms with van der Waals surface area (Å²) in [6.45, 7) is 1.66. The third kappa shape index (κ3) is 2.23. The van der Waals surface area contributed by atoms with Crippen molar-refractivity contribution < 1.29 is 17.2 Å². The Morgan fingerprint density at radius 2 is 2.21 bits per heavy atom. The normalized spacial score (nSPS) is 17.0. The quantitative estimate of drug-likeness (QED) is 0.803. The summed E-state index contributed by atoms with van der Waals surface area (Å²) >= 11 is 1.18. The van der Waals surface area contributed by atoms with Crippen LogP contribution in [0.3, 0.4) is 0 Å². The molecule has 0 radical (unpaired) electrons. The Bertz CT molecular complexity index is 446. The zero-order chi connectivity index (χ0) is 10.3. The minimum absolute atomic E-state index is 0.161. The lowest BCUT2D eigenvalue weighted by Crippen LogP contribution is -2.06. The van der Waals surface area contributed by atoms with Gasteiger partial charge in [0.25, 0.3) is 0 Å². The van der Waals surface area contributed by atoms with Gasteiger partial charge in [-0.1, -0.05) is 11.3 Å². The van der Waals surface area contributed by atoms with Crippen molar-refractivity contribution in [2.45, 2.75) is 25.7 Å². The van der Waals surface area contributed by atoms with Crippen molar-refractivity contribution in [1.82, 2.24) is 4.98 Å². The van der Waals surface area contributed by atoms with Crippen LogP contribution in [0.25, 0.3) is 0 Å². The molecule has 2 rings (SSSR count). The second-order valence-corrected chi connectivity index (χ2v) is 5.23. The van der Waals surface area contributed by atoms with Crippen LogP contribution in [0.4, 0.5) is 0 Å². The van der Waals surface area contributed by atoms with E-state index in [1.807, 2.05) is 0 Å². The summed E-state index contributed by atoms with van der Waals surface area (Å²) in [6.07, 6.45) is 2.19. The van der Waals surface area contributed by atoms with Crippen LogP contribution in [0, 0.1) is 6.92 Å². The number of aromatic nitrogens is 1. The summed E-state index contributed by atoms with van der Waals surface area (Å²) in [7, 11) is -4.42. The van der Waals surface area contributed by atoms with E-state index in [4.69, 9.17) is 4.55 Å². The van der Waals surface area contributed by atoms with Gasteiger partial charge in [0, 0.05) is 5.92 Å². The molecule has 0 aliphatic heterocycles. The summed E-state index contributed by atoms with van der Waals surface area (Å²) in [5.74, 6) is 0.456. The maximum atomic E-state index is 10.5.